The Bertz CT molecular complexity index is 596. The first-order valence-corrected chi connectivity index (χ1v) is 6.96. The molecule has 0 unspecified atom stereocenters. The number of carbonyl (C=O) groups is 1. The summed E-state index contributed by atoms with van der Waals surface area (Å²) >= 11 is 0. The average molecular weight is 304 g/mol. The van der Waals surface area contributed by atoms with Crippen molar-refractivity contribution in [3.05, 3.63) is 47.9 Å². The second-order valence-corrected chi connectivity index (χ2v) is 4.68. The van der Waals surface area contributed by atoms with E-state index in [9.17, 15) is 4.79 Å². The summed E-state index contributed by atoms with van der Waals surface area (Å²) in [6, 6.07) is 7.20. The van der Waals surface area contributed by atoms with Gasteiger partial charge in [-0.25, -0.2) is 4.79 Å². The van der Waals surface area contributed by atoms with E-state index in [1.165, 1.54) is 0 Å². The Morgan fingerprint density at radius 1 is 1.09 bits per heavy atom. The topological polar surface area (TPSA) is 72.7 Å². The first-order chi connectivity index (χ1) is 10.7. The lowest BCUT2D eigenvalue weighted by molar-refractivity contribution is 0.240. The number of furan rings is 1. The molecule has 6 nitrogen and oxygen atoms in total. The molecule has 2 amide bonds. The van der Waals surface area contributed by atoms with Crippen LogP contribution >= 0.6 is 0 Å². The Morgan fingerprint density at radius 2 is 1.91 bits per heavy atom. The molecule has 0 saturated heterocycles. The van der Waals surface area contributed by atoms with Crippen LogP contribution in [-0.2, 0) is 13.0 Å². The summed E-state index contributed by atoms with van der Waals surface area (Å²) in [4.78, 5) is 11.7. The Kier molecular flexibility index (Phi) is 5.71. The normalized spacial score (nSPS) is 10.1. The van der Waals surface area contributed by atoms with E-state index in [2.05, 4.69) is 10.6 Å². The Hall–Kier alpha value is -2.63. The number of amides is 2. The van der Waals surface area contributed by atoms with E-state index in [1.807, 2.05) is 24.3 Å². The molecule has 0 fully saturated rings. The standard InChI is InChI=1S/C16H20N2O4/c1-20-14-4-3-13(9-15(14)21-2)10-18-16(19)17-7-5-12-6-8-22-11-12/h3-4,6,8-9,11H,5,7,10H2,1-2H3,(H2,17,18,19). The number of carbonyl (C=O) groups excluding carboxylic acids is 1. The summed E-state index contributed by atoms with van der Waals surface area (Å²) in [6.07, 6.45) is 4.02. The van der Waals surface area contributed by atoms with Gasteiger partial charge in [0, 0.05) is 13.1 Å². The van der Waals surface area contributed by atoms with E-state index in [4.69, 9.17) is 13.9 Å². The second-order valence-electron chi connectivity index (χ2n) is 4.68. The quantitative estimate of drug-likeness (QED) is 0.823. The van der Waals surface area contributed by atoms with E-state index in [1.54, 1.807) is 26.7 Å². The summed E-state index contributed by atoms with van der Waals surface area (Å²) in [6.45, 7) is 0.967. The molecule has 118 valence electrons. The van der Waals surface area contributed by atoms with Gasteiger partial charge in [-0.2, -0.15) is 0 Å². The molecular formula is C16H20N2O4. The number of nitrogens with one attached hydrogen (secondary N) is 2. The SMILES string of the molecule is COc1ccc(CNC(=O)NCCc2ccoc2)cc1OC. The second kappa shape index (κ2) is 7.97. The lowest BCUT2D eigenvalue weighted by atomic mass is 10.2. The monoisotopic (exact) mass is 304 g/mol. The van der Waals surface area contributed by atoms with Gasteiger partial charge >= 0.3 is 6.03 Å². The molecule has 6 heteroatoms. The average Bonchev–Trinajstić information content (AvgIpc) is 3.06. The first-order valence-electron chi connectivity index (χ1n) is 6.96. The summed E-state index contributed by atoms with van der Waals surface area (Å²) in [5.74, 6) is 1.30. The van der Waals surface area contributed by atoms with Gasteiger partial charge < -0.3 is 24.5 Å². The molecule has 0 bridgehead atoms. The van der Waals surface area contributed by atoms with Crippen LogP contribution in [0, 0.1) is 0 Å². The highest BCUT2D eigenvalue weighted by atomic mass is 16.5. The zero-order chi connectivity index (χ0) is 15.8. The minimum Gasteiger partial charge on any atom is -0.493 e. The van der Waals surface area contributed by atoms with Gasteiger partial charge in [0.2, 0.25) is 0 Å². The van der Waals surface area contributed by atoms with E-state index in [0.29, 0.717) is 24.6 Å². The maximum atomic E-state index is 11.7. The van der Waals surface area contributed by atoms with Crippen molar-refractivity contribution in [2.45, 2.75) is 13.0 Å². The van der Waals surface area contributed by atoms with Gasteiger partial charge in [-0.1, -0.05) is 6.07 Å². The van der Waals surface area contributed by atoms with Crippen LogP contribution in [0.15, 0.2) is 41.2 Å². The van der Waals surface area contributed by atoms with Crippen molar-refractivity contribution < 1.29 is 18.7 Å². The maximum Gasteiger partial charge on any atom is 0.315 e. The molecule has 2 aromatic rings. The van der Waals surface area contributed by atoms with Crippen LogP contribution < -0.4 is 20.1 Å². The smallest absolute Gasteiger partial charge is 0.315 e. The van der Waals surface area contributed by atoms with Crippen LogP contribution in [0.4, 0.5) is 4.79 Å². The van der Waals surface area contributed by atoms with Gasteiger partial charge in [0.05, 0.1) is 26.7 Å². The van der Waals surface area contributed by atoms with Gasteiger partial charge in [0.25, 0.3) is 0 Å². The molecule has 1 heterocycles. The first kappa shape index (κ1) is 15.8. The van der Waals surface area contributed by atoms with Crippen LogP contribution in [0.5, 0.6) is 11.5 Å². The third kappa shape index (κ3) is 4.44. The van der Waals surface area contributed by atoms with Crippen molar-refractivity contribution in [3.63, 3.8) is 0 Å². The van der Waals surface area contributed by atoms with Crippen LogP contribution in [0.25, 0.3) is 0 Å². The fourth-order valence-electron chi connectivity index (χ4n) is 1.99. The Labute approximate surface area is 129 Å². The van der Waals surface area contributed by atoms with Crippen molar-refractivity contribution in [2.24, 2.45) is 0 Å². The van der Waals surface area contributed by atoms with Crippen molar-refractivity contribution in [2.75, 3.05) is 20.8 Å². The van der Waals surface area contributed by atoms with Gasteiger partial charge in [-0.05, 0) is 35.7 Å². The molecule has 0 atom stereocenters. The summed E-state index contributed by atoms with van der Waals surface area (Å²) < 4.78 is 15.4. The summed E-state index contributed by atoms with van der Waals surface area (Å²) in [5.41, 5.74) is 1.99. The molecule has 2 N–H and O–H groups in total. The van der Waals surface area contributed by atoms with Crippen LogP contribution in [0.3, 0.4) is 0 Å². The third-order valence-corrected chi connectivity index (χ3v) is 3.18. The number of methoxy groups -OCH3 is 2. The molecule has 0 aliphatic heterocycles. The van der Waals surface area contributed by atoms with Gasteiger partial charge in [0.15, 0.2) is 11.5 Å². The van der Waals surface area contributed by atoms with Crippen molar-refractivity contribution in [1.29, 1.82) is 0 Å². The molecule has 0 aliphatic rings. The molecular weight excluding hydrogens is 284 g/mol. The highest BCUT2D eigenvalue weighted by Crippen LogP contribution is 2.27. The minimum atomic E-state index is -0.210. The zero-order valence-electron chi connectivity index (χ0n) is 12.7. The molecule has 1 aromatic heterocycles. The maximum absolute atomic E-state index is 11.7. The predicted octanol–water partition coefficient (Wildman–Crippen LogP) is 2.34. The number of benzene rings is 1. The molecule has 0 aliphatic carbocycles. The van der Waals surface area contributed by atoms with Crippen molar-refractivity contribution in [3.8, 4) is 11.5 Å². The van der Waals surface area contributed by atoms with E-state index in [0.717, 1.165) is 17.5 Å². The van der Waals surface area contributed by atoms with Crippen molar-refractivity contribution in [1.82, 2.24) is 10.6 Å². The van der Waals surface area contributed by atoms with Crippen molar-refractivity contribution >= 4 is 6.03 Å². The molecule has 2 rings (SSSR count). The highest BCUT2D eigenvalue weighted by Gasteiger charge is 2.06. The molecule has 0 radical (unpaired) electrons. The van der Waals surface area contributed by atoms with Crippen LogP contribution in [-0.4, -0.2) is 26.8 Å². The minimum absolute atomic E-state index is 0.210. The highest BCUT2D eigenvalue weighted by molar-refractivity contribution is 5.73. The van der Waals surface area contributed by atoms with Gasteiger partial charge in [-0.3, -0.25) is 0 Å². The molecule has 0 saturated carbocycles. The lowest BCUT2D eigenvalue weighted by Crippen LogP contribution is -2.36. The largest absolute Gasteiger partial charge is 0.493 e. The van der Waals surface area contributed by atoms with Crippen LogP contribution in [0.2, 0.25) is 0 Å². The number of rotatable bonds is 7. The molecule has 22 heavy (non-hydrogen) atoms. The fourth-order valence-corrected chi connectivity index (χ4v) is 1.99. The molecule has 0 spiro atoms. The number of hydrogen-bond acceptors (Lipinski definition) is 4. The number of hydrogen-bond donors (Lipinski definition) is 2. The van der Waals surface area contributed by atoms with E-state index < -0.39 is 0 Å². The fraction of sp³-hybridized carbons (Fsp3) is 0.312. The predicted molar refractivity (Wildman–Crippen MR) is 82.2 cm³/mol. The molecule has 1 aromatic carbocycles. The number of ether oxygens (including phenoxy) is 2. The van der Waals surface area contributed by atoms with Crippen LogP contribution in [0.1, 0.15) is 11.1 Å². The Balaban J connectivity index is 1.76. The van der Waals surface area contributed by atoms with Gasteiger partial charge in [-0.15, -0.1) is 0 Å². The Morgan fingerprint density at radius 3 is 2.59 bits per heavy atom. The zero-order valence-corrected chi connectivity index (χ0v) is 12.7. The summed E-state index contributed by atoms with van der Waals surface area (Å²) in [7, 11) is 3.17. The van der Waals surface area contributed by atoms with E-state index in [-0.39, 0.29) is 6.03 Å². The third-order valence-electron chi connectivity index (χ3n) is 3.18. The van der Waals surface area contributed by atoms with E-state index >= 15 is 0 Å². The summed E-state index contributed by atoms with van der Waals surface area (Å²) in [5, 5.41) is 5.59. The van der Waals surface area contributed by atoms with Gasteiger partial charge in [0.1, 0.15) is 0 Å². The lowest BCUT2D eigenvalue weighted by Gasteiger charge is -2.11. The number of urea groups is 1.